The first-order valence-corrected chi connectivity index (χ1v) is 8.75. The van der Waals surface area contributed by atoms with Gasteiger partial charge in [0, 0.05) is 18.6 Å². The Balaban J connectivity index is 1.73. The second kappa shape index (κ2) is 9.40. The molecular weight excluding hydrogens is 338 g/mol. The zero-order valence-corrected chi connectivity index (χ0v) is 14.8. The molecule has 0 aliphatic rings. The molecule has 3 aromatic rings. The highest BCUT2D eigenvalue weighted by Gasteiger charge is 2.16. The summed E-state index contributed by atoms with van der Waals surface area (Å²) in [6.07, 6.45) is 9.31. The zero-order valence-electron chi connectivity index (χ0n) is 14.8. The van der Waals surface area contributed by atoms with E-state index in [4.69, 9.17) is 0 Å². The summed E-state index contributed by atoms with van der Waals surface area (Å²) in [5.41, 5.74) is 3.07. The van der Waals surface area contributed by atoms with Gasteiger partial charge in [0.05, 0.1) is 23.9 Å². The van der Waals surface area contributed by atoms with E-state index < -0.39 is 0 Å². The van der Waals surface area contributed by atoms with E-state index >= 15 is 0 Å². The summed E-state index contributed by atoms with van der Waals surface area (Å²) in [7, 11) is 0. The Kier molecular flexibility index (Phi) is 6.44. The van der Waals surface area contributed by atoms with Crippen molar-refractivity contribution in [3.8, 4) is 0 Å². The number of pyridine rings is 2. The normalized spacial score (nSPS) is 12.0. The Labute approximate surface area is 158 Å². The van der Waals surface area contributed by atoms with Crippen molar-refractivity contribution in [2.75, 3.05) is 6.61 Å². The summed E-state index contributed by atoms with van der Waals surface area (Å²) in [5.74, 6) is -0.257. The molecule has 2 N–H and O–H groups in total. The molecule has 1 atom stereocenters. The zero-order chi connectivity index (χ0) is 18.9. The molecule has 0 radical (unpaired) electrons. The van der Waals surface area contributed by atoms with Crippen LogP contribution in [0.4, 0.5) is 0 Å². The van der Waals surface area contributed by atoms with Gasteiger partial charge < -0.3 is 10.4 Å². The highest BCUT2D eigenvalue weighted by Crippen LogP contribution is 2.12. The number of hydrogen-bond acceptors (Lipinski definition) is 4. The Hall–Kier alpha value is -3.31. The van der Waals surface area contributed by atoms with Crippen LogP contribution in [0.15, 0.2) is 73.2 Å². The third-order valence-electron chi connectivity index (χ3n) is 4.10. The maximum absolute atomic E-state index is 12.7. The van der Waals surface area contributed by atoms with Crippen LogP contribution in [0.3, 0.4) is 0 Å². The molecule has 0 saturated carbocycles. The predicted molar refractivity (Wildman–Crippen MR) is 106 cm³/mol. The number of rotatable bonds is 7. The van der Waals surface area contributed by atoms with Crippen molar-refractivity contribution in [3.05, 3.63) is 95.6 Å². The number of aliphatic hydroxyl groups is 1. The molecule has 136 valence electrons. The molecule has 2 aromatic heterocycles. The van der Waals surface area contributed by atoms with Gasteiger partial charge in [0.15, 0.2) is 0 Å². The maximum Gasteiger partial charge on any atom is 0.253 e. The molecule has 0 aliphatic carbocycles. The number of amides is 1. The van der Waals surface area contributed by atoms with Crippen LogP contribution in [0, 0.1) is 0 Å². The number of aliphatic hydroxyl groups excluding tert-OH is 1. The molecule has 0 unspecified atom stereocenters. The van der Waals surface area contributed by atoms with E-state index in [1.54, 1.807) is 36.8 Å². The summed E-state index contributed by atoms with van der Waals surface area (Å²) in [6, 6.07) is 16.6. The fourth-order valence-electron chi connectivity index (χ4n) is 2.72. The van der Waals surface area contributed by atoms with E-state index in [1.807, 2.05) is 48.5 Å². The first kappa shape index (κ1) is 18.5. The Morgan fingerprint density at radius 2 is 1.78 bits per heavy atom. The molecule has 5 heteroatoms. The van der Waals surface area contributed by atoms with Crippen LogP contribution in [0.5, 0.6) is 0 Å². The summed E-state index contributed by atoms with van der Waals surface area (Å²) >= 11 is 0. The molecule has 0 bridgehead atoms. The number of benzene rings is 1. The van der Waals surface area contributed by atoms with Crippen LogP contribution < -0.4 is 5.32 Å². The van der Waals surface area contributed by atoms with Gasteiger partial charge in [-0.15, -0.1) is 0 Å². The highest BCUT2D eigenvalue weighted by molar-refractivity contribution is 5.98. The van der Waals surface area contributed by atoms with Crippen LogP contribution >= 0.6 is 0 Å². The van der Waals surface area contributed by atoms with E-state index in [0.29, 0.717) is 17.7 Å². The van der Waals surface area contributed by atoms with Crippen molar-refractivity contribution in [2.45, 2.75) is 12.5 Å². The molecule has 1 aromatic carbocycles. The summed E-state index contributed by atoms with van der Waals surface area (Å²) in [5, 5.41) is 12.6. The van der Waals surface area contributed by atoms with Crippen molar-refractivity contribution >= 4 is 18.1 Å². The smallest absolute Gasteiger partial charge is 0.253 e. The number of hydrogen-bond donors (Lipinski definition) is 2. The van der Waals surface area contributed by atoms with Gasteiger partial charge in [-0.05, 0) is 47.9 Å². The van der Waals surface area contributed by atoms with Crippen LogP contribution in [0.2, 0.25) is 0 Å². The monoisotopic (exact) mass is 359 g/mol. The highest BCUT2D eigenvalue weighted by atomic mass is 16.3. The summed E-state index contributed by atoms with van der Waals surface area (Å²) < 4.78 is 0. The van der Waals surface area contributed by atoms with Crippen LogP contribution in [-0.2, 0) is 6.42 Å². The molecule has 27 heavy (non-hydrogen) atoms. The molecule has 0 aliphatic heterocycles. The lowest BCUT2D eigenvalue weighted by Crippen LogP contribution is -2.39. The van der Waals surface area contributed by atoms with Gasteiger partial charge >= 0.3 is 0 Å². The lowest BCUT2D eigenvalue weighted by Gasteiger charge is -2.17. The van der Waals surface area contributed by atoms with Gasteiger partial charge in [0.2, 0.25) is 0 Å². The quantitative estimate of drug-likeness (QED) is 0.680. The van der Waals surface area contributed by atoms with Gasteiger partial charge in [0.1, 0.15) is 0 Å². The number of carbonyl (C=O) groups is 1. The Morgan fingerprint density at radius 3 is 2.52 bits per heavy atom. The number of nitrogens with one attached hydrogen (secondary N) is 1. The molecule has 0 fully saturated rings. The van der Waals surface area contributed by atoms with E-state index in [1.165, 1.54) is 0 Å². The average molecular weight is 359 g/mol. The van der Waals surface area contributed by atoms with Gasteiger partial charge in [-0.3, -0.25) is 14.8 Å². The number of aromatic nitrogens is 2. The first-order valence-electron chi connectivity index (χ1n) is 8.75. The summed E-state index contributed by atoms with van der Waals surface area (Å²) in [6.45, 7) is -0.136. The van der Waals surface area contributed by atoms with E-state index in [0.717, 1.165) is 11.1 Å². The molecule has 1 amide bonds. The van der Waals surface area contributed by atoms with E-state index in [9.17, 15) is 9.90 Å². The third kappa shape index (κ3) is 5.33. The second-order valence-corrected chi connectivity index (χ2v) is 6.09. The number of carbonyl (C=O) groups excluding carboxylic acids is 1. The topological polar surface area (TPSA) is 75.1 Å². The molecule has 0 spiro atoms. The van der Waals surface area contributed by atoms with Crippen molar-refractivity contribution < 1.29 is 9.90 Å². The van der Waals surface area contributed by atoms with E-state index in [-0.39, 0.29) is 18.6 Å². The van der Waals surface area contributed by atoms with Crippen molar-refractivity contribution in [2.24, 2.45) is 0 Å². The second-order valence-electron chi connectivity index (χ2n) is 6.09. The van der Waals surface area contributed by atoms with Crippen LogP contribution in [-0.4, -0.2) is 33.6 Å². The van der Waals surface area contributed by atoms with E-state index in [2.05, 4.69) is 15.3 Å². The largest absolute Gasteiger partial charge is 0.394 e. The fraction of sp³-hybridized carbons (Fsp3) is 0.136. The molecule has 0 saturated heterocycles. The summed E-state index contributed by atoms with van der Waals surface area (Å²) in [4.78, 5) is 21.0. The molecular formula is C22H21N3O2. The van der Waals surface area contributed by atoms with Gasteiger partial charge in [0.25, 0.3) is 5.91 Å². The van der Waals surface area contributed by atoms with Crippen molar-refractivity contribution in [3.63, 3.8) is 0 Å². The van der Waals surface area contributed by atoms with Gasteiger partial charge in [-0.25, -0.2) is 0 Å². The first-order chi connectivity index (χ1) is 13.3. The van der Waals surface area contributed by atoms with Crippen molar-refractivity contribution in [1.29, 1.82) is 0 Å². The minimum atomic E-state index is -0.364. The Bertz CT molecular complexity index is 896. The minimum Gasteiger partial charge on any atom is -0.394 e. The van der Waals surface area contributed by atoms with Crippen molar-refractivity contribution in [1.82, 2.24) is 15.3 Å². The van der Waals surface area contributed by atoms with Crippen LogP contribution in [0.25, 0.3) is 12.2 Å². The average Bonchev–Trinajstić information content (AvgIpc) is 2.73. The standard InChI is InChI=1S/C22H21N3O2/c26-16-19(15-18-5-2-1-3-6-18)25-22(27)20-7-4-12-24-21(20)9-8-17-10-13-23-14-11-17/h1-14,19,26H,15-16H2,(H,25,27)/t19-/m0/s1. The molecule has 2 heterocycles. The fourth-order valence-corrected chi connectivity index (χ4v) is 2.72. The predicted octanol–water partition coefficient (Wildman–Crippen LogP) is 2.98. The maximum atomic E-state index is 12.7. The minimum absolute atomic E-state index is 0.136. The third-order valence-corrected chi connectivity index (χ3v) is 4.10. The lowest BCUT2D eigenvalue weighted by molar-refractivity contribution is 0.0916. The number of nitrogens with zero attached hydrogens (tertiary/aromatic N) is 2. The van der Waals surface area contributed by atoms with Gasteiger partial charge in [-0.2, -0.15) is 0 Å². The molecule has 3 rings (SSSR count). The SMILES string of the molecule is O=C(N[C@H](CO)Cc1ccccc1)c1cccnc1C=Cc1ccncc1. The molecule has 5 nitrogen and oxygen atoms in total. The Morgan fingerprint density at radius 1 is 1.00 bits per heavy atom. The van der Waals surface area contributed by atoms with Gasteiger partial charge in [-0.1, -0.05) is 36.4 Å². The van der Waals surface area contributed by atoms with Crippen LogP contribution in [0.1, 0.15) is 27.2 Å². The lowest BCUT2D eigenvalue weighted by atomic mass is 10.1.